The van der Waals surface area contributed by atoms with Crippen molar-refractivity contribution in [2.24, 2.45) is 0 Å². The molecule has 0 bridgehead atoms. The Morgan fingerprint density at radius 2 is 0.803 bits per heavy atom. The fraction of sp³-hybridized carbons (Fsp3) is 0.672. The van der Waals surface area contributed by atoms with Crippen LogP contribution < -0.4 is 4.89 Å². The number of nitrogens with zero attached hydrogens (tertiary/aromatic N) is 1. The number of allylic oxidation sites excluding steroid dienone is 18. The van der Waals surface area contributed by atoms with Gasteiger partial charge in [-0.1, -0.05) is 207 Å². The zero-order chi connectivity index (χ0) is 52.0. The number of hydrogen-bond acceptors (Lipinski definition) is 8. The summed E-state index contributed by atoms with van der Waals surface area (Å²) in [7, 11) is 1.15. The molecule has 0 aromatic rings. The van der Waals surface area contributed by atoms with Crippen LogP contribution in [0.3, 0.4) is 0 Å². The van der Waals surface area contributed by atoms with Gasteiger partial charge >= 0.3 is 11.9 Å². The Labute approximate surface area is 436 Å². The molecule has 0 saturated heterocycles. The Kier molecular flexibility index (Phi) is 49.1. The molecule has 0 aliphatic rings. The summed E-state index contributed by atoms with van der Waals surface area (Å²) in [6.07, 6.45) is 71.4. The highest BCUT2D eigenvalue weighted by Gasteiger charge is 2.21. The Hall–Kier alpha value is -3.33. The predicted octanol–water partition coefficient (Wildman–Crippen LogP) is 16.8. The Morgan fingerprint density at radius 3 is 1.21 bits per heavy atom. The largest absolute Gasteiger partial charge is 0.756 e. The third kappa shape index (κ3) is 55.8. The molecule has 0 aliphatic carbocycles. The third-order valence-electron chi connectivity index (χ3n) is 11.5. The number of rotatable bonds is 50. The maximum Gasteiger partial charge on any atom is 0.306 e. The molecule has 0 aliphatic heterocycles. The van der Waals surface area contributed by atoms with E-state index in [0.717, 1.165) is 116 Å². The number of hydrogen-bond donors (Lipinski definition) is 0. The van der Waals surface area contributed by atoms with Gasteiger partial charge in [0, 0.05) is 12.8 Å². The van der Waals surface area contributed by atoms with Gasteiger partial charge in [-0.05, 0) is 103 Å². The van der Waals surface area contributed by atoms with Crippen LogP contribution in [0.2, 0.25) is 0 Å². The minimum atomic E-state index is -4.64. The lowest BCUT2D eigenvalue weighted by atomic mass is 10.0. The number of phosphoric ester groups is 1. The first-order valence-corrected chi connectivity index (χ1v) is 29.6. The molecule has 0 heterocycles. The van der Waals surface area contributed by atoms with Gasteiger partial charge in [0.1, 0.15) is 19.8 Å². The van der Waals surface area contributed by atoms with Crippen LogP contribution >= 0.6 is 7.82 Å². The van der Waals surface area contributed by atoms with E-state index in [9.17, 15) is 19.0 Å². The van der Waals surface area contributed by atoms with E-state index >= 15 is 0 Å². The highest BCUT2D eigenvalue weighted by Crippen LogP contribution is 2.38. The van der Waals surface area contributed by atoms with Gasteiger partial charge < -0.3 is 27.9 Å². The van der Waals surface area contributed by atoms with Crippen molar-refractivity contribution in [1.82, 2.24) is 0 Å². The van der Waals surface area contributed by atoms with Crippen LogP contribution in [0.1, 0.15) is 213 Å². The maximum atomic E-state index is 12.8. The topological polar surface area (TPSA) is 111 Å². The van der Waals surface area contributed by atoms with E-state index in [0.29, 0.717) is 23.9 Å². The first kappa shape index (κ1) is 67.7. The van der Waals surface area contributed by atoms with Gasteiger partial charge in [0.2, 0.25) is 0 Å². The van der Waals surface area contributed by atoms with Gasteiger partial charge in [0.05, 0.1) is 27.7 Å². The lowest BCUT2D eigenvalue weighted by molar-refractivity contribution is -0.870. The van der Waals surface area contributed by atoms with Crippen molar-refractivity contribution >= 4 is 19.8 Å². The minimum Gasteiger partial charge on any atom is -0.756 e. The number of phosphoric acid groups is 1. The van der Waals surface area contributed by atoms with E-state index in [4.69, 9.17) is 18.5 Å². The number of quaternary nitrogens is 1. The maximum absolute atomic E-state index is 12.8. The Bertz CT molecular complexity index is 1570. The number of likely N-dealkylation sites (N-methyl/N-ethyl adjacent to an activating group) is 1. The van der Waals surface area contributed by atoms with Crippen LogP contribution in [0, 0.1) is 0 Å². The van der Waals surface area contributed by atoms with Crippen molar-refractivity contribution in [1.29, 1.82) is 0 Å². The van der Waals surface area contributed by atoms with E-state index in [2.05, 4.69) is 123 Å². The number of unbranched alkanes of at least 4 members (excludes halogenated alkanes) is 18. The highest BCUT2D eigenvalue weighted by atomic mass is 31.2. The second-order valence-electron chi connectivity index (χ2n) is 19.6. The molecule has 2 unspecified atom stereocenters. The van der Waals surface area contributed by atoms with Gasteiger partial charge in [0.25, 0.3) is 7.82 Å². The molecule has 0 spiro atoms. The second-order valence-corrected chi connectivity index (χ2v) is 21.0. The Balaban J connectivity index is 4.12. The molecule has 0 saturated carbocycles. The van der Waals surface area contributed by atoms with Gasteiger partial charge in [-0.2, -0.15) is 0 Å². The molecule has 10 heteroatoms. The fourth-order valence-electron chi connectivity index (χ4n) is 7.19. The molecular formula is C61H104NO8P. The van der Waals surface area contributed by atoms with E-state index < -0.39 is 32.5 Å². The van der Waals surface area contributed by atoms with Crippen LogP contribution in [-0.2, 0) is 32.7 Å². The lowest BCUT2D eigenvalue weighted by Gasteiger charge is -2.28. The first-order chi connectivity index (χ1) is 34.5. The Morgan fingerprint density at radius 1 is 0.451 bits per heavy atom. The number of ether oxygens (including phenoxy) is 2. The zero-order valence-electron chi connectivity index (χ0n) is 45.9. The first-order valence-electron chi connectivity index (χ1n) is 28.1. The van der Waals surface area contributed by atoms with Crippen molar-refractivity contribution in [3.8, 4) is 0 Å². The molecule has 0 rings (SSSR count). The molecule has 0 amide bonds. The summed E-state index contributed by atoms with van der Waals surface area (Å²) < 4.78 is 34.0. The number of carbonyl (C=O) groups is 2. The van der Waals surface area contributed by atoms with Gasteiger partial charge in [-0.25, -0.2) is 0 Å². The van der Waals surface area contributed by atoms with Crippen LogP contribution in [-0.4, -0.2) is 70.0 Å². The summed E-state index contributed by atoms with van der Waals surface area (Å²) in [6, 6.07) is 0. The van der Waals surface area contributed by atoms with Crippen molar-refractivity contribution in [2.75, 3.05) is 47.5 Å². The zero-order valence-corrected chi connectivity index (χ0v) is 46.8. The van der Waals surface area contributed by atoms with Gasteiger partial charge in [-0.15, -0.1) is 0 Å². The predicted molar refractivity (Wildman–Crippen MR) is 300 cm³/mol. The van der Waals surface area contributed by atoms with Crippen LogP contribution in [0.4, 0.5) is 0 Å². The molecule has 0 fully saturated rings. The minimum absolute atomic E-state index is 0.0376. The molecule has 71 heavy (non-hydrogen) atoms. The second kappa shape index (κ2) is 51.6. The van der Waals surface area contributed by atoms with Gasteiger partial charge in [-0.3, -0.25) is 14.2 Å². The standard InChI is InChI=1S/C61H104NO8P/c1-6-8-10-12-14-16-18-20-21-22-23-24-25-26-27-28-29-30-31-32-33-34-35-36-37-38-39-40-41-42-44-46-48-50-52-54-61(64)70-59(58-69-71(65,66)68-56-55-62(3,4)5)57-67-60(63)53-51-49-47-45-43-19-17-15-13-11-9-7-2/h8,10,14-17,20-21,23-24,26-27,29-30,32-33,35-36,59H,6-7,9,11-13,18-19,22,25,28,31,34,37-58H2,1-5H3/b10-8-,16-14-,17-15-,21-20-,24-23-,27-26-,30-29-,33-32-,36-35-. The quantitative estimate of drug-likeness (QED) is 0.0195. The van der Waals surface area contributed by atoms with Crippen LogP contribution in [0.15, 0.2) is 109 Å². The summed E-state index contributed by atoms with van der Waals surface area (Å²) in [5.74, 6) is -0.855. The van der Waals surface area contributed by atoms with E-state index in [-0.39, 0.29) is 26.1 Å². The molecule has 0 aromatic carbocycles. The van der Waals surface area contributed by atoms with E-state index in [1.165, 1.54) is 57.8 Å². The van der Waals surface area contributed by atoms with E-state index in [1.807, 2.05) is 21.1 Å². The molecule has 2 atom stereocenters. The number of carbonyl (C=O) groups excluding carboxylic acids is 2. The normalized spacial score (nSPS) is 14.2. The third-order valence-corrected chi connectivity index (χ3v) is 12.5. The average Bonchev–Trinajstić information content (AvgIpc) is 3.33. The lowest BCUT2D eigenvalue weighted by Crippen LogP contribution is -2.37. The smallest absolute Gasteiger partial charge is 0.306 e. The average molecular weight is 1010 g/mol. The molecule has 0 radical (unpaired) electrons. The van der Waals surface area contributed by atoms with Crippen molar-refractivity contribution in [3.05, 3.63) is 109 Å². The molecule has 0 aromatic heterocycles. The van der Waals surface area contributed by atoms with Crippen LogP contribution in [0.25, 0.3) is 0 Å². The highest BCUT2D eigenvalue weighted by molar-refractivity contribution is 7.45. The molecule has 406 valence electrons. The van der Waals surface area contributed by atoms with Gasteiger partial charge in [0.15, 0.2) is 6.10 Å². The molecule has 9 nitrogen and oxygen atoms in total. The number of esters is 2. The van der Waals surface area contributed by atoms with Crippen LogP contribution in [0.5, 0.6) is 0 Å². The van der Waals surface area contributed by atoms with Crippen molar-refractivity contribution in [3.63, 3.8) is 0 Å². The summed E-state index contributed by atoms with van der Waals surface area (Å²) >= 11 is 0. The van der Waals surface area contributed by atoms with Crippen molar-refractivity contribution in [2.45, 2.75) is 219 Å². The molecular weight excluding hydrogens is 906 g/mol. The van der Waals surface area contributed by atoms with E-state index in [1.54, 1.807) is 0 Å². The summed E-state index contributed by atoms with van der Waals surface area (Å²) in [6.45, 7) is 4.06. The summed E-state index contributed by atoms with van der Waals surface area (Å²) in [5.41, 5.74) is 0. The van der Waals surface area contributed by atoms with Crippen molar-refractivity contribution < 1.29 is 42.1 Å². The molecule has 0 N–H and O–H groups in total. The SMILES string of the molecule is CC/C=C\C/C=C\C/C=C\C/C=C\C/C=C\C/C=C\C/C=C\C/C=C\CCCCCCCCCCCCC(=O)OC(COC(=O)CCCCCCC/C=C\CCCCC)COP(=O)([O-])OCC[N+](C)(C)C. The monoisotopic (exact) mass is 1010 g/mol. The fourth-order valence-corrected chi connectivity index (χ4v) is 7.92. The summed E-state index contributed by atoms with van der Waals surface area (Å²) in [4.78, 5) is 37.7. The summed E-state index contributed by atoms with van der Waals surface area (Å²) in [5, 5.41) is 0.